The molecule has 0 amide bonds. The molecule has 0 aliphatic carbocycles. The summed E-state index contributed by atoms with van der Waals surface area (Å²) in [4.78, 5) is 2.35. The lowest BCUT2D eigenvalue weighted by Crippen LogP contribution is -2.11. The normalized spacial score (nSPS) is 11.5. The first kappa shape index (κ1) is 30.0. The summed E-state index contributed by atoms with van der Waals surface area (Å²) in [6.07, 6.45) is 0. The summed E-state index contributed by atoms with van der Waals surface area (Å²) >= 11 is 0. The smallest absolute Gasteiger partial charge is 0.143 e. The van der Waals surface area contributed by atoms with Crippen LogP contribution in [0, 0.1) is 0 Å². The first-order valence-corrected chi connectivity index (χ1v) is 17.8. The molecule has 1 aromatic heterocycles. The summed E-state index contributed by atoms with van der Waals surface area (Å²) in [6, 6.07) is 71.5. The van der Waals surface area contributed by atoms with Crippen molar-refractivity contribution in [2.75, 3.05) is 4.90 Å². The maximum absolute atomic E-state index is 6.80. The van der Waals surface area contributed by atoms with Gasteiger partial charge in [0.05, 0.1) is 5.69 Å². The lowest BCUT2D eigenvalue weighted by atomic mass is 9.96. The second kappa shape index (κ2) is 12.5. The fourth-order valence-electron chi connectivity index (χ4n) is 7.76. The average molecular weight is 664 g/mol. The van der Waals surface area contributed by atoms with Crippen LogP contribution in [-0.4, -0.2) is 0 Å². The van der Waals surface area contributed by atoms with E-state index in [1.165, 1.54) is 38.4 Å². The van der Waals surface area contributed by atoms with Crippen molar-refractivity contribution in [3.63, 3.8) is 0 Å². The molecule has 0 spiro atoms. The number of furan rings is 1. The van der Waals surface area contributed by atoms with E-state index in [1.807, 2.05) is 0 Å². The zero-order chi connectivity index (χ0) is 34.4. The Bertz CT molecular complexity index is 2880. The van der Waals surface area contributed by atoms with E-state index in [1.54, 1.807) is 0 Å². The highest BCUT2D eigenvalue weighted by Crippen LogP contribution is 2.45. The third-order valence-electron chi connectivity index (χ3n) is 10.3. The Labute approximate surface area is 302 Å². The monoisotopic (exact) mass is 663 g/mol. The predicted molar refractivity (Wildman–Crippen MR) is 220 cm³/mol. The first-order chi connectivity index (χ1) is 25.8. The Morgan fingerprint density at radius 1 is 0.288 bits per heavy atom. The van der Waals surface area contributed by atoms with E-state index >= 15 is 0 Å². The molecule has 0 aliphatic heterocycles. The Morgan fingerprint density at radius 2 is 0.808 bits per heavy atom. The number of rotatable bonds is 6. The van der Waals surface area contributed by atoms with Gasteiger partial charge in [-0.05, 0) is 74.8 Å². The second-order valence-corrected chi connectivity index (χ2v) is 13.3. The number of benzene rings is 9. The summed E-state index contributed by atoms with van der Waals surface area (Å²) in [5.74, 6) is 0. The molecule has 0 unspecified atom stereocenters. The van der Waals surface area contributed by atoms with Crippen molar-refractivity contribution in [3.05, 3.63) is 200 Å². The minimum absolute atomic E-state index is 0.900. The standard InChI is InChI=1S/C50H33NO/c1-2-15-39(16-3-1)51(40-31-28-35(29-32-40)34-24-26-38(27-25-34)42-20-10-14-36-12-4-6-17-41(36)42)48-23-9-8-19-44(48)45-21-11-22-46-47-33-30-37-13-5-7-18-43(37)49(47)52-50(45)46/h1-33H. The fraction of sp³-hybridized carbons (Fsp3) is 0. The van der Waals surface area contributed by atoms with Crippen molar-refractivity contribution in [3.8, 4) is 33.4 Å². The van der Waals surface area contributed by atoms with Gasteiger partial charge < -0.3 is 9.32 Å². The molecule has 9 aromatic carbocycles. The van der Waals surface area contributed by atoms with Crippen LogP contribution in [0.15, 0.2) is 205 Å². The summed E-state index contributed by atoms with van der Waals surface area (Å²) < 4.78 is 6.80. The van der Waals surface area contributed by atoms with Crippen LogP contribution in [0.2, 0.25) is 0 Å². The molecule has 0 aliphatic rings. The number of fused-ring (bicyclic) bond motifs is 6. The van der Waals surface area contributed by atoms with Gasteiger partial charge in [0.2, 0.25) is 0 Å². The Balaban J connectivity index is 1.06. The Hall–Kier alpha value is -6.90. The minimum Gasteiger partial charge on any atom is -0.455 e. The number of hydrogen-bond acceptors (Lipinski definition) is 2. The van der Waals surface area contributed by atoms with Crippen molar-refractivity contribution < 1.29 is 4.42 Å². The number of para-hydroxylation sites is 3. The highest BCUT2D eigenvalue weighted by Gasteiger charge is 2.20. The lowest BCUT2D eigenvalue weighted by Gasteiger charge is -2.28. The predicted octanol–water partition coefficient (Wildman–Crippen LogP) is 14.4. The number of anilines is 3. The number of nitrogens with zero attached hydrogens (tertiary/aromatic N) is 1. The van der Waals surface area contributed by atoms with E-state index < -0.39 is 0 Å². The molecule has 244 valence electrons. The number of hydrogen-bond donors (Lipinski definition) is 0. The van der Waals surface area contributed by atoms with E-state index in [9.17, 15) is 0 Å². The van der Waals surface area contributed by atoms with Gasteiger partial charge in [-0.25, -0.2) is 0 Å². The summed E-state index contributed by atoms with van der Waals surface area (Å²) in [7, 11) is 0. The van der Waals surface area contributed by atoms with Gasteiger partial charge in [-0.15, -0.1) is 0 Å². The van der Waals surface area contributed by atoms with Gasteiger partial charge in [-0.2, -0.15) is 0 Å². The van der Waals surface area contributed by atoms with Crippen LogP contribution in [-0.2, 0) is 0 Å². The molecular weight excluding hydrogens is 631 g/mol. The van der Waals surface area contributed by atoms with E-state index in [0.29, 0.717) is 0 Å². The highest BCUT2D eigenvalue weighted by atomic mass is 16.3. The molecule has 0 saturated carbocycles. The van der Waals surface area contributed by atoms with Gasteiger partial charge in [-0.3, -0.25) is 0 Å². The molecule has 52 heavy (non-hydrogen) atoms. The molecule has 0 N–H and O–H groups in total. The SMILES string of the molecule is c1ccc(N(c2ccc(-c3ccc(-c4cccc5ccccc45)cc3)cc2)c2ccccc2-c2cccc3c2oc2c4ccccc4ccc32)cc1. The van der Waals surface area contributed by atoms with Crippen LogP contribution in [0.1, 0.15) is 0 Å². The molecule has 10 aromatic rings. The summed E-state index contributed by atoms with van der Waals surface area (Å²) in [6.45, 7) is 0. The Kier molecular flexibility index (Phi) is 7.18. The van der Waals surface area contributed by atoms with Gasteiger partial charge in [-0.1, -0.05) is 164 Å². The van der Waals surface area contributed by atoms with E-state index in [-0.39, 0.29) is 0 Å². The fourth-order valence-corrected chi connectivity index (χ4v) is 7.76. The largest absolute Gasteiger partial charge is 0.455 e. The lowest BCUT2D eigenvalue weighted by molar-refractivity contribution is 0.674. The van der Waals surface area contributed by atoms with Crippen LogP contribution in [0.4, 0.5) is 17.1 Å². The van der Waals surface area contributed by atoms with Crippen molar-refractivity contribution in [2.45, 2.75) is 0 Å². The zero-order valence-electron chi connectivity index (χ0n) is 28.4. The van der Waals surface area contributed by atoms with Gasteiger partial charge in [0.1, 0.15) is 11.2 Å². The van der Waals surface area contributed by atoms with Crippen molar-refractivity contribution in [2.24, 2.45) is 0 Å². The molecular formula is C50H33NO. The molecule has 0 atom stereocenters. The maximum atomic E-state index is 6.80. The molecule has 2 nitrogen and oxygen atoms in total. The summed E-state index contributed by atoms with van der Waals surface area (Å²) in [5, 5.41) is 7.09. The third kappa shape index (κ3) is 5.04. The van der Waals surface area contributed by atoms with E-state index in [0.717, 1.165) is 55.5 Å². The van der Waals surface area contributed by atoms with E-state index in [4.69, 9.17) is 4.42 Å². The maximum Gasteiger partial charge on any atom is 0.143 e. The summed E-state index contributed by atoms with van der Waals surface area (Å²) in [5.41, 5.74) is 12.1. The van der Waals surface area contributed by atoms with Gasteiger partial charge in [0.15, 0.2) is 0 Å². The third-order valence-corrected chi connectivity index (χ3v) is 10.3. The van der Waals surface area contributed by atoms with Crippen molar-refractivity contribution in [1.82, 2.24) is 0 Å². The van der Waals surface area contributed by atoms with Gasteiger partial charge in [0.25, 0.3) is 0 Å². The van der Waals surface area contributed by atoms with E-state index in [2.05, 4.69) is 205 Å². The van der Waals surface area contributed by atoms with Crippen LogP contribution in [0.5, 0.6) is 0 Å². The van der Waals surface area contributed by atoms with Crippen LogP contribution in [0.3, 0.4) is 0 Å². The molecule has 0 fully saturated rings. The second-order valence-electron chi connectivity index (χ2n) is 13.3. The molecule has 0 bridgehead atoms. The average Bonchev–Trinajstić information content (AvgIpc) is 3.62. The van der Waals surface area contributed by atoms with Crippen molar-refractivity contribution >= 4 is 60.5 Å². The molecule has 1 heterocycles. The molecule has 10 rings (SSSR count). The quantitative estimate of drug-likeness (QED) is 0.176. The van der Waals surface area contributed by atoms with Crippen LogP contribution in [0.25, 0.3) is 76.9 Å². The topological polar surface area (TPSA) is 16.4 Å². The van der Waals surface area contributed by atoms with Gasteiger partial charge >= 0.3 is 0 Å². The highest BCUT2D eigenvalue weighted by molar-refractivity contribution is 6.17. The molecule has 2 heteroatoms. The minimum atomic E-state index is 0.900. The van der Waals surface area contributed by atoms with Crippen LogP contribution < -0.4 is 4.90 Å². The first-order valence-electron chi connectivity index (χ1n) is 17.8. The van der Waals surface area contributed by atoms with Gasteiger partial charge in [0, 0.05) is 38.7 Å². The van der Waals surface area contributed by atoms with Crippen molar-refractivity contribution in [1.29, 1.82) is 0 Å². The van der Waals surface area contributed by atoms with Crippen LogP contribution >= 0.6 is 0 Å². The molecule has 0 radical (unpaired) electrons. The zero-order valence-corrected chi connectivity index (χ0v) is 28.4. The Morgan fingerprint density at radius 3 is 1.62 bits per heavy atom. The molecule has 0 saturated heterocycles.